The second-order valence-corrected chi connectivity index (χ2v) is 5.12. The predicted octanol–water partition coefficient (Wildman–Crippen LogP) is -3.70. The molecule has 2 saturated heterocycles. The van der Waals surface area contributed by atoms with Crippen LogP contribution in [0, 0.1) is 0 Å². The first-order chi connectivity index (χ1) is 9.88. The molecule has 2 heterocycles. The van der Waals surface area contributed by atoms with Gasteiger partial charge in [0.25, 0.3) is 0 Å². The molecule has 7 atom stereocenters. The van der Waals surface area contributed by atoms with E-state index in [1.807, 2.05) is 0 Å². The van der Waals surface area contributed by atoms with Gasteiger partial charge in [0.2, 0.25) is 0 Å². The van der Waals surface area contributed by atoms with E-state index in [0.29, 0.717) is 6.42 Å². The second kappa shape index (κ2) is 8.93. The zero-order valence-corrected chi connectivity index (χ0v) is 11.5. The topological polar surface area (TPSA) is 160 Å². The molecule has 7 N–H and O–H groups in total. The minimum Gasteiger partial charge on any atom is -0.394 e. The fourth-order valence-electron chi connectivity index (χ4n) is 2.11. The first-order valence-corrected chi connectivity index (χ1v) is 6.78. The van der Waals surface area contributed by atoms with E-state index < -0.39 is 42.9 Å². The van der Waals surface area contributed by atoms with Crippen molar-refractivity contribution in [3.05, 3.63) is 0 Å². The highest BCUT2D eigenvalue weighted by Crippen LogP contribution is 2.17. The number of hydrogen-bond acceptors (Lipinski definition) is 9. The van der Waals surface area contributed by atoms with Crippen LogP contribution in [0.4, 0.5) is 0 Å². The van der Waals surface area contributed by atoms with Gasteiger partial charge >= 0.3 is 0 Å². The highest BCUT2D eigenvalue weighted by atomic mass is 16.6. The summed E-state index contributed by atoms with van der Waals surface area (Å²) in [6, 6.07) is 0. The summed E-state index contributed by atoms with van der Waals surface area (Å²) >= 11 is 0. The van der Waals surface area contributed by atoms with Crippen LogP contribution >= 0.6 is 0 Å². The average molecular weight is 312 g/mol. The molecule has 0 aromatic carbocycles. The van der Waals surface area contributed by atoms with Crippen molar-refractivity contribution in [3.8, 4) is 0 Å². The summed E-state index contributed by atoms with van der Waals surface area (Å²) in [5.74, 6) is 0. The summed E-state index contributed by atoms with van der Waals surface area (Å²) in [4.78, 5) is 0. The first kappa shape index (κ1) is 18.7. The molecule has 2 aliphatic heterocycles. The van der Waals surface area contributed by atoms with Gasteiger partial charge in [-0.15, -0.1) is 0 Å². The van der Waals surface area contributed by atoms with Crippen LogP contribution in [0.25, 0.3) is 0 Å². The molecule has 0 spiro atoms. The van der Waals surface area contributed by atoms with Crippen LogP contribution in [0.3, 0.4) is 0 Å². The lowest BCUT2D eigenvalue weighted by Gasteiger charge is -2.34. The van der Waals surface area contributed by atoms with Crippen molar-refractivity contribution in [1.82, 2.24) is 0 Å². The average Bonchev–Trinajstić information content (AvgIpc) is 2.45. The van der Waals surface area contributed by atoms with E-state index in [1.165, 1.54) is 0 Å². The Morgan fingerprint density at radius 1 is 0.857 bits per heavy atom. The maximum absolute atomic E-state index is 9.11. The van der Waals surface area contributed by atoms with Gasteiger partial charge in [0, 0.05) is 12.8 Å². The van der Waals surface area contributed by atoms with Crippen molar-refractivity contribution in [1.29, 1.82) is 0 Å². The minimum atomic E-state index is -1.22. The van der Waals surface area contributed by atoms with Crippen LogP contribution in [-0.4, -0.2) is 98.5 Å². The summed E-state index contributed by atoms with van der Waals surface area (Å²) in [5.41, 5.74) is 0. The van der Waals surface area contributed by atoms with Gasteiger partial charge in [-0.25, -0.2) is 0 Å². The van der Waals surface area contributed by atoms with E-state index >= 15 is 0 Å². The van der Waals surface area contributed by atoms with Crippen molar-refractivity contribution < 1.29 is 45.2 Å². The lowest BCUT2D eigenvalue weighted by atomic mass is 10.0. The molecule has 0 bridgehead atoms. The summed E-state index contributed by atoms with van der Waals surface area (Å²) in [5, 5.41) is 62.2. The van der Waals surface area contributed by atoms with Gasteiger partial charge in [-0.3, -0.25) is 0 Å². The number of ether oxygens (including phenoxy) is 2. The van der Waals surface area contributed by atoms with Crippen molar-refractivity contribution in [2.45, 2.75) is 55.8 Å². The van der Waals surface area contributed by atoms with Crippen LogP contribution < -0.4 is 0 Å². The number of rotatable bonds is 2. The third-order valence-electron chi connectivity index (χ3n) is 3.35. The molecular formula is C12H24O9. The quantitative estimate of drug-likeness (QED) is 0.272. The summed E-state index contributed by atoms with van der Waals surface area (Å²) in [6.45, 7) is -0.553. The predicted molar refractivity (Wildman–Crippen MR) is 68.1 cm³/mol. The second-order valence-electron chi connectivity index (χ2n) is 5.12. The Morgan fingerprint density at radius 2 is 1.52 bits per heavy atom. The van der Waals surface area contributed by atoms with Crippen molar-refractivity contribution in [2.24, 2.45) is 0 Å². The third kappa shape index (κ3) is 5.74. The molecule has 21 heavy (non-hydrogen) atoms. The number of aliphatic hydroxyl groups is 7. The van der Waals surface area contributed by atoms with Gasteiger partial charge < -0.3 is 45.2 Å². The molecular weight excluding hydrogens is 288 g/mol. The van der Waals surface area contributed by atoms with Crippen LogP contribution in [0.2, 0.25) is 0 Å². The summed E-state index contributed by atoms with van der Waals surface area (Å²) in [7, 11) is 0. The molecule has 0 amide bonds. The molecule has 0 aromatic heterocycles. The van der Waals surface area contributed by atoms with Gasteiger partial charge in [-0.1, -0.05) is 0 Å². The maximum atomic E-state index is 9.11. The first-order valence-electron chi connectivity index (χ1n) is 6.78. The molecule has 0 saturated carbocycles. The largest absolute Gasteiger partial charge is 0.394 e. The fourth-order valence-corrected chi connectivity index (χ4v) is 2.11. The standard InChI is InChI=1S/C6H12O5.C6H12O4/c7-1-4-6(10)5(9)3(8)2-11-4;7-3-5-1-4(8)2-6(9)10-5/h3-10H,1-2H2;4-9H,1-3H2/t3-,4+,5+,6+;4-,5-,6+/m00/s1. The molecule has 9 nitrogen and oxygen atoms in total. The summed E-state index contributed by atoms with van der Waals surface area (Å²) in [6.07, 6.45) is -5.48. The Kier molecular flexibility index (Phi) is 7.95. The minimum absolute atomic E-state index is 0.0521. The van der Waals surface area contributed by atoms with Gasteiger partial charge in [0.1, 0.15) is 24.4 Å². The SMILES string of the molecule is OC[C@@H]1C[C@H](O)C[C@H](O)O1.OC[C@H]1OC[C@H](O)[C@@H](O)[C@@H]1O. The zero-order valence-electron chi connectivity index (χ0n) is 11.5. The van der Waals surface area contributed by atoms with Crippen LogP contribution in [0.15, 0.2) is 0 Å². The molecule has 0 unspecified atom stereocenters. The monoisotopic (exact) mass is 312 g/mol. The maximum Gasteiger partial charge on any atom is 0.157 e. The lowest BCUT2D eigenvalue weighted by molar-refractivity contribution is -0.197. The van der Waals surface area contributed by atoms with Gasteiger partial charge in [0.05, 0.1) is 32.0 Å². The van der Waals surface area contributed by atoms with Crippen LogP contribution in [0.1, 0.15) is 12.8 Å². The third-order valence-corrected chi connectivity index (χ3v) is 3.35. The Labute approximate surface area is 122 Å². The molecule has 2 aliphatic rings. The van der Waals surface area contributed by atoms with E-state index in [9.17, 15) is 0 Å². The Hall–Kier alpha value is -0.360. The van der Waals surface area contributed by atoms with E-state index in [2.05, 4.69) is 0 Å². The Morgan fingerprint density at radius 3 is 2.05 bits per heavy atom. The molecule has 126 valence electrons. The molecule has 2 fully saturated rings. The van der Waals surface area contributed by atoms with E-state index in [4.69, 9.17) is 45.2 Å². The van der Waals surface area contributed by atoms with E-state index in [-0.39, 0.29) is 26.2 Å². The molecule has 2 rings (SSSR count). The smallest absolute Gasteiger partial charge is 0.157 e. The van der Waals surface area contributed by atoms with Crippen molar-refractivity contribution >= 4 is 0 Å². The normalized spacial score (nSPS) is 43.9. The zero-order chi connectivity index (χ0) is 16.0. The van der Waals surface area contributed by atoms with Crippen molar-refractivity contribution in [2.75, 3.05) is 19.8 Å². The van der Waals surface area contributed by atoms with E-state index in [0.717, 1.165) is 0 Å². The van der Waals surface area contributed by atoms with Crippen LogP contribution in [-0.2, 0) is 9.47 Å². The number of hydrogen-bond donors (Lipinski definition) is 7. The number of aliphatic hydroxyl groups excluding tert-OH is 7. The molecule has 9 heteroatoms. The van der Waals surface area contributed by atoms with Crippen LogP contribution in [0.5, 0.6) is 0 Å². The van der Waals surface area contributed by atoms with Crippen molar-refractivity contribution in [3.63, 3.8) is 0 Å². The summed E-state index contributed by atoms with van der Waals surface area (Å²) < 4.78 is 9.66. The lowest BCUT2D eigenvalue weighted by Crippen LogP contribution is -2.53. The van der Waals surface area contributed by atoms with E-state index in [1.54, 1.807) is 0 Å². The van der Waals surface area contributed by atoms with Gasteiger partial charge in [-0.2, -0.15) is 0 Å². The highest BCUT2D eigenvalue weighted by Gasteiger charge is 2.36. The van der Waals surface area contributed by atoms with Gasteiger partial charge in [-0.05, 0) is 0 Å². The Balaban J connectivity index is 0.000000211. The molecule has 0 radical (unpaired) electrons. The molecule has 0 aliphatic carbocycles. The Bertz CT molecular complexity index is 278. The highest BCUT2D eigenvalue weighted by molar-refractivity contribution is 4.85. The molecule has 0 aromatic rings. The fraction of sp³-hybridized carbons (Fsp3) is 1.00. The van der Waals surface area contributed by atoms with Gasteiger partial charge in [0.15, 0.2) is 6.29 Å².